The molecule has 1 amide bonds. The number of hydrogen-bond acceptors (Lipinski definition) is 7. The minimum atomic E-state index is -0.615. The Morgan fingerprint density at radius 2 is 2.39 bits per heavy atom. The number of carbonyl (C=O) groups excluding carboxylic acids is 1. The Labute approximate surface area is 133 Å². The number of azide groups is 1. The van der Waals surface area contributed by atoms with Gasteiger partial charge in [0.1, 0.15) is 11.9 Å². The number of anilines is 2. The van der Waals surface area contributed by atoms with E-state index in [1.165, 1.54) is 17.0 Å². The van der Waals surface area contributed by atoms with Gasteiger partial charge in [-0.05, 0) is 23.7 Å². The number of benzene rings is 1. The van der Waals surface area contributed by atoms with Crippen molar-refractivity contribution in [1.29, 1.82) is 0 Å². The molecule has 0 bridgehead atoms. The van der Waals surface area contributed by atoms with Crippen LogP contribution in [0.3, 0.4) is 0 Å². The highest BCUT2D eigenvalue weighted by molar-refractivity contribution is 7.18. The van der Waals surface area contributed by atoms with Gasteiger partial charge in [0.15, 0.2) is 5.01 Å². The fourth-order valence-corrected chi connectivity index (χ4v) is 2.78. The number of halogens is 1. The van der Waals surface area contributed by atoms with E-state index in [9.17, 15) is 9.18 Å². The highest BCUT2D eigenvalue weighted by Crippen LogP contribution is 2.31. The molecule has 9 nitrogen and oxygen atoms in total. The molecular formula is C12H10FN7O2S. The first kappa shape index (κ1) is 15.0. The highest BCUT2D eigenvalue weighted by atomic mass is 32.1. The maximum Gasteiger partial charge on any atom is 0.414 e. The third-order valence-electron chi connectivity index (χ3n) is 3.16. The Kier molecular flexibility index (Phi) is 3.96. The van der Waals surface area contributed by atoms with Crippen LogP contribution in [-0.4, -0.2) is 35.5 Å². The second-order valence-electron chi connectivity index (χ2n) is 4.64. The number of hydrogen-bond donors (Lipinski definition) is 1. The average Bonchev–Trinajstić information content (AvgIpc) is 3.11. The zero-order valence-corrected chi connectivity index (χ0v) is 12.4. The van der Waals surface area contributed by atoms with Crippen LogP contribution in [0.25, 0.3) is 21.0 Å². The van der Waals surface area contributed by atoms with Crippen molar-refractivity contribution in [2.45, 2.75) is 6.10 Å². The zero-order chi connectivity index (χ0) is 16.4. The van der Waals surface area contributed by atoms with Crippen LogP contribution in [0.15, 0.2) is 23.3 Å². The summed E-state index contributed by atoms with van der Waals surface area (Å²) in [5.74, 6) is -0.551. The predicted octanol–water partition coefficient (Wildman–Crippen LogP) is 2.56. The standard InChI is InChI=1S/C12H10FN7O2S/c13-9-3-6(1-2-8(9)10-17-18-11(14)23-10)20-5-7(4-16-19-15)22-12(20)21/h1-3,7H,4-5H2,(H2,14,18)/t7-/m0/s1. The van der Waals surface area contributed by atoms with Crippen molar-refractivity contribution in [3.8, 4) is 10.6 Å². The van der Waals surface area contributed by atoms with Crippen LogP contribution in [0.4, 0.5) is 20.0 Å². The first-order valence-electron chi connectivity index (χ1n) is 6.46. The van der Waals surface area contributed by atoms with Crippen molar-refractivity contribution in [3.63, 3.8) is 0 Å². The van der Waals surface area contributed by atoms with Crippen LogP contribution >= 0.6 is 11.3 Å². The Morgan fingerprint density at radius 3 is 3.04 bits per heavy atom. The van der Waals surface area contributed by atoms with Gasteiger partial charge in [0, 0.05) is 10.5 Å². The van der Waals surface area contributed by atoms with Crippen molar-refractivity contribution in [1.82, 2.24) is 10.2 Å². The van der Waals surface area contributed by atoms with Crippen LogP contribution in [0.1, 0.15) is 0 Å². The molecule has 1 aromatic carbocycles. The van der Waals surface area contributed by atoms with E-state index in [4.69, 9.17) is 16.0 Å². The van der Waals surface area contributed by atoms with Gasteiger partial charge in [-0.25, -0.2) is 9.18 Å². The number of rotatable bonds is 4. The molecule has 1 atom stereocenters. The van der Waals surface area contributed by atoms with Crippen LogP contribution in [0, 0.1) is 5.82 Å². The highest BCUT2D eigenvalue weighted by Gasteiger charge is 2.32. The third kappa shape index (κ3) is 3.00. The van der Waals surface area contributed by atoms with Gasteiger partial charge in [-0.15, -0.1) is 10.2 Å². The minimum absolute atomic E-state index is 0.0311. The van der Waals surface area contributed by atoms with Gasteiger partial charge < -0.3 is 10.5 Å². The third-order valence-corrected chi connectivity index (χ3v) is 3.94. The molecule has 1 fully saturated rings. The molecule has 0 radical (unpaired) electrons. The largest absolute Gasteiger partial charge is 0.444 e. The summed E-state index contributed by atoms with van der Waals surface area (Å²) in [6.45, 7) is 0.214. The molecule has 3 rings (SSSR count). The van der Waals surface area contributed by atoms with E-state index in [2.05, 4.69) is 20.2 Å². The van der Waals surface area contributed by atoms with Crippen LogP contribution < -0.4 is 10.6 Å². The number of nitrogens with two attached hydrogens (primary N) is 1. The van der Waals surface area contributed by atoms with Crippen molar-refractivity contribution in [2.24, 2.45) is 5.11 Å². The first-order valence-corrected chi connectivity index (χ1v) is 7.28. The van der Waals surface area contributed by atoms with Gasteiger partial charge in [0.25, 0.3) is 0 Å². The maximum absolute atomic E-state index is 14.3. The molecule has 0 spiro atoms. The van der Waals surface area contributed by atoms with Gasteiger partial charge in [-0.2, -0.15) is 0 Å². The summed E-state index contributed by atoms with van der Waals surface area (Å²) in [6, 6.07) is 4.29. The lowest BCUT2D eigenvalue weighted by molar-refractivity contribution is 0.145. The van der Waals surface area contributed by atoms with E-state index in [0.717, 1.165) is 11.3 Å². The monoisotopic (exact) mass is 335 g/mol. The molecule has 2 aromatic rings. The summed E-state index contributed by atoms with van der Waals surface area (Å²) in [5, 5.41) is 11.4. The number of aromatic nitrogens is 2. The average molecular weight is 335 g/mol. The van der Waals surface area contributed by atoms with Crippen molar-refractivity contribution >= 4 is 28.2 Å². The topological polar surface area (TPSA) is 130 Å². The van der Waals surface area contributed by atoms with Gasteiger partial charge in [0.2, 0.25) is 5.13 Å². The van der Waals surface area contributed by atoms with Crippen molar-refractivity contribution in [3.05, 3.63) is 34.5 Å². The quantitative estimate of drug-likeness (QED) is 0.521. The Balaban J connectivity index is 1.83. The molecule has 2 heterocycles. The summed E-state index contributed by atoms with van der Waals surface area (Å²) >= 11 is 1.07. The number of cyclic esters (lactones) is 1. The van der Waals surface area contributed by atoms with E-state index >= 15 is 0 Å². The molecule has 2 N–H and O–H groups in total. The number of nitrogens with zero attached hydrogens (tertiary/aromatic N) is 6. The van der Waals surface area contributed by atoms with E-state index in [0.29, 0.717) is 10.7 Å². The summed E-state index contributed by atoms with van der Waals surface area (Å²) in [7, 11) is 0. The summed E-state index contributed by atoms with van der Waals surface area (Å²) < 4.78 is 19.3. The molecule has 1 aromatic heterocycles. The lowest BCUT2D eigenvalue weighted by atomic mass is 10.2. The number of amides is 1. The fourth-order valence-electron chi connectivity index (χ4n) is 2.14. The summed E-state index contributed by atoms with van der Waals surface area (Å²) in [4.78, 5) is 15.7. The molecule has 0 unspecified atom stereocenters. The predicted molar refractivity (Wildman–Crippen MR) is 81.3 cm³/mol. The lowest BCUT2D eigenvalue weighted by Gasteiger charge is -2.13. The molecular weight excluding hydrogens is 325 g/mol. The van der Waals surface area contributed by atoms with E-state index in [1.54, 1.807) is 6.07 Å². The van der Waals surface area contributed by atoms with Crippen LogP contribution in [0.2, 0.25) is 0 Å². The second-order valence-corrected chi connectivity index (χ2v) is 5.65. The normalized spacial score (nSPS) is 17.0. The second kappa shape index (κ2) is 6.07. The number of ether oxygens (including phenoxy) is 1. The summed E-state index contributed by atoms with van der Waals surface area (Å²) in [6.07, 6.45) is -1.17. The van der Waals surface area contributed by atoms with Crippen LogP contribution in [-0.2, 0) is 4.74 Å². The fraction of sp³-hybridized carbons (Fsp3) is 0.250. The smallest absolute Gasteiger partial charge is 0.414 e. The maximum atomic E-state index is 14.3. The summed E-state index contributed by atoms with van der Waals surface area (Å²) in [5.41, 5.74) is 14.4. The number of carbonyl (C=O) groups is 1. The zero-order valence-electron chi connectivity index (χ0n) is 11.6. The van der Waals surface area contributed by atoms with Gasteiger partial charge in [0.05, 0.1) is 18.8 Å². The Hall–Kier alpha value is -2.91. The minimum Gasteiger partial charge on any atom is -0.444 e. The lowest BCUT2D eigenvalue weighted by Crippen LogP contribution is -2.25. The molecule has 1 aliphatic rings. The molecule has 1 aliphatic heterocycles. The van der Waals surface area contributed by atoms with Crippen molar-refractivity contribution < 1.29 is 13.9 Å². The molecule has 11 heteroatoms. The van der Waals surface area contributed by atoms with Crippen LogP contribution in [0.5, 0.6) is 0 Å². The molecule has 0 aliphatic carbocycles. The van der Waals surface area contributed by atoms with Gasteiger partial charge >= 0.3 is 6.09 Å². The van der Waals surface area contributed by atoms with Gasteiger partial charge in [-0.3, -0.25) is 4.90 Å². The van der Waals surface area contributed by atoms with E-state index in [1.807, 2.05) is 0 Å². The first-order chi connectivity index (χ1) is 11.1. The SMILES string of the molecule is [N-]=[N+]=NC[C@H]1CN(c2ccc(-c3nnc(N)s3)c(F)c2)C(=O)O1. The Bertz CT molecular complexity index is 804. The Morgan fingerprint density at radius 1 is 1.57 bits per heavy atom. The van der Waals surface area contributed by atoms with E-state index in [-0.39, 0.29) is 23.8 Å². The molecule has 0 saturated carbocycles. The molecule has 23 heavy (non-hydrogen) atoms. The molecule has 1 saturated heterocycles. The van der Waals surface area contributed by atoms with Gasteiger partial charge in [-0.1, -0.05) is 16.5 Å². The molecule has 118 valence electrons. The van der Waals surface area contributed by atoms with E-state index < -0.39 is 18.0 Å². The number of nitrogen functional groups attached to an aromatic ring is 1. The van der Waals surface area contributed by atoms with Crippen molar-refractivity contribution in [2.75, 3.05) is 23.7 Å².